The molecule has 2 atom stereocenters. The molecule has 0 aliphatic heterocycles. The quantitative estimate of drug-likeness (QED) is 0.594. The largest absolute Gasteiger partial charge is 0.262 e. The average Bonchev–Trinajstić information content (AvgIpc) is 2.67. The SMILES string of the molecule is Cc1cc([C@H]2CC2C)ccn1. The number of nitrogens with zero attached hydrogens (tertiary/aromatic N) is 1. The second kappa shape index (κ2) is 2.33. The van der Waals surface area contributed by atoms with Crippen LogP contribution >= 0.6 is 0 Å². The lowest BCUT2D eigenvalue weighted by Gasteiger charge is -1.97. The zero-order chi connectivity index (χ0) is 7.84. The summed E-state index contributed by atoms with van der Waals surface area (Å²) in [5.74, 6) is 1.73. The van der Waals surface area contributed by atoms with Gasteiger partial charge in [-0.1, -0.05) is 6.92 Å². The van der Waals surface area contributed by atoms with Gasteiger partial charge in [0.05, 0.1) is 0 Å². The van der Waals surface area contributed by atoms with Gasteiger partial charge in [-0.15, -0.1) is 0 Å². The molecule has 1 aromatic heterocycles. The lowest BCUT2D eigenvalue weighted by Crippen LogP contribution is -1.85. The number of aryl methyl sites for hydroxylation is 1. The van der Waals surface area contributed by atoms with E-state index in [1.807, 2.05) is 6.20 Å². The Bertz CT molecular complexity index is 267. The second-order valence-corrected chi connectivity index (χ2v) is 3.55. The Morgan fingerprint density at radius 1 is 1.55 bits per heavy atom. The molecule has 11 heavy (non-hydrogen) atoms. The molecule has 0 saturated heterocycles. The second-order valence-electron chi connectivity index (χ2n) is 3.55. The summed E-state index contributed by atoms with van der Waals surface area (Å²) in [6.45, 7) is 4.36. The van der Waals surface area contributed by atoms with Crippen molar-refractivity contribution < 1.29 is 0 Å². The third-order valence-electron chi connectivity index (χ3n) is 2.46. The van der Waals surface area contributed by atoms with Crippen molar-refractivity contribution in [2.75, 3.05) is 0 Å². The van der Waals surface area contributed by atoms with Gasteiger partial charge in [-0.3, -0.25) is 4.98 Å². The van der Waals surface area contributed by atoms with Gasteiger partial charge in [0.2, 0.25) is 0 Å². The first-order chi connectivity index (χ1) is 5.27. The Labute approximate surface area is 67.5 Å². The van der Waals surface area contributed by atoms with E-state index in [4.69, 9.17) is 0 Å². The molecule has 2 rings (SSSR count). The molecule has 0 N–H and O–H groups in total. The van der Waals surface area contributed by atoms with Gasteiger partial charge in [-0.05, 0) is 42.9 Å². The molecule has 1 unspecified atom stereocenters. The van der Waals surface area contributed by atoms with Crippen LogP contribution in [0.4, 0.5) is 0 Å². The van der Waals surface area contributed by atoms with Crippen molar-refractivity contribution in [2.45, 2.75) is 26.2 Å². The molecule has 1 aliphatic rings. The summed E-state index contributed by atoms with van der Waals surface area (Å²) in [7, 11) is 0. The molecule has 0 spiro atoms. The molecule has 1 aromatic rings. The van der Waals surface area contributed by atoms with Crippen molar-refractivity contribution in [3.05, 3.63) is 29.6 Å². The van der Waals surface area contributed by atoms with E-state index >= 15 is 0 Å². The number of aromatic nitrogens is 1. The van der Waals surface area contributed by atoms with Crippen molar-refractivity contribution in [1.29, 1.82) is 0 Å². The summed E-state index contributed by atoms with van der Waals surface area (Å²) in [6.07, 6.45) is 3.28. The number of hydrogen-bond acceptors (Lipinski definition) is 1. The third-order valence-corrected chi connectivity index (χ3v) is 2.46. The molecule has 0 radical (unpaired) electrons. The summed E-state index contributed by atoms with van der Waals surface area (Å²) >= 11 is 0. The predicted molar refractivity (Wildman–Crippen MR) is 45.5 cm³/mol. The topological polar surface area (TPSA) is 12.9 Å². The van der Waals surface area contributed by atoms with Crippen LogP contribution in [0.1, 0.15) is 30.5 Å². The molecule has 0 amide bonds. The summed E-state index contributed by atoms with van der Waals surface area (Å²) in [5, 5.41) is 0. The van der Waals surface area contributed by atoms with Crippen LogP contribution in [0.15, 0.2) is 18.3 Å². The Morgan fingerprint density at radius 3 is 2.82 bits per heavy atom. The van der Waals surface area contributed by atoms with Gasteiger partial charge in [0, 0.05) is 11.9 Å². The highest BCUT2D eigenvalue weighted by atomic mass is 14.7. The maximum Gasteiger partial charge on any atom is 0.0375 e. The smallest absolute Gasteiger partial charge is 0.0375 e. The maximum atomic E-state index is 4.18. The van der Waals surface area contributed by atoms with Gasteiger partial charge in [0.25, 0.3) is 0 Å². The molecular weight excluding hydrogens is 134 g/mol. The van der Waals surface area contributed by atoms with Gasteiger partial charge in [-0.2, -0.15) is 0 Å². The number of rotatable bonds is 1. The van der Waals surface area contributed by atoms with Crippen LogP contribution in [-0.2, 0) is 0 Å². The van der Waals surface area contributed by atoms with E-state index in [2.05, 4.69) is 31.0 Å². The van der Waals surface area contributed by atoms with E-state index < -0.39 is 0 Å². The zero-order valence-electron chi connectivity index (χ0n) is 7.04. The Balaban J connectivity index is 2.25. The van der Waals surface area contributed by atoms with Crippen molar-refractivity contribution in [3.63, 3.8) is 0 Å². The van der Waals surface area contributed by atoms with E-state index in [0.29, 0.717) is 0 Å². The Kier molecular flexibility index (Phi) is 1.45. The van der Waals surface area contributed by atoms with Crippen molar-refractivity contribution in [3.8, 4) is 0 Å². The molecule has 1 saturated carbocycles. The standard InChI is InChI=1S/C10H13N/c1-7-5-10(7)9-3-4-11-8(2)6-9/h3-4,6-7,10H,5H2,1-2H3/t7?,10-/m0/s1. The normalized spacial score (nSPS) is 28.5. The minimum atomic E-state index is 0.830. The van der Waals surface area contributed by atoms with Crippen molar-refractivity contribution in [1.82, 2.24) is 4.98 Å². The summed E-state index contributed by atoms with van der Waals surface area (Å²) in [6, 6.07) is 4.34. The highest BCUT2D eigenvalue weighted by Gasteiger charge is 2.33. The minimum Gasteiger partial charge on any atom is -0.262 e. The van der Waals surface area contributed by atoms with Gasteiger partial charge in [-0.25, -0.2) is 0 Å². The molecule has 0 aromatic carbocycles. The molecule has 0 bridgehead atoms. The zero-order valence-corrected chi connectivity index (χ0v) is 7.04. The van der Waals surface area contributed by atoms with E-state index in [-0.39, 0.29) is 0 Å². The summed E-state index contributed by atoms with van der Waals surface area (Å²) in [5.41, 5.74) is 2.62. The molecule has 1 heteroatoms. The van der Waals surface area contributed by atoms with E-state index in [1.165, 1.54) is 12.0 Å². The van der Waals surface area contributed by atoms with Gasteiger partial charge in [0.15, 0.2) is 0 Å². The van der Waals surface area contributed by atoms with Crippen molar-refractivity contribution >= 4 is 0 Å². The Morgan fingerprint density at radius 2 is 2.27 bits per heavy atom. The highest BCUT2D eigenvalue weighted by molar-refractivity contribution is 5.25. The van der Waals surface area contributed by atoms with Gasteiger partial charge in [0.1, 0.15) is 0 Å². The van der Waals surface area contributed by atoms with Crippen LogP contribution in [0, 0.1) is 12.8 Å². The first-order valence-corrected chi connectivity index (χ1v) is 4.20. The number of pyridine rings is 1. The van der Waals surface area contributed by atoms with Crippen molar-refractivity contribution in [2.24, 2.45) is 5.92 Å². The average molecular weight is 147 g/mol. The molecule has 1 fully saturated rings. The van der Waals surface area contributed by atoms with Crippen LogP contribution in [0.25, 0.3) is 0 Å². The lowest BCUT2D eigenvalue weighted by molar-refractivity contribution is 0.909. The van der Waals surface area contributed by atoms with Gasteiger partial charge >= 0.3 is 0 Å². The fourth-order valence-corrected chi connectivity index (χ4v) is 1.58. The van der Waals surface area contributed by atoms with Crippen LogP contribution in [0.2, 0.25) is 0 Å². The molecular formula is C10H13N. The predicted octanol–water partition coefficient (Wildman–Crippen LogP) is 2.51. The first kappa shape index (κ1) is 6.84. The molecule has 1 aliphatic carbocycles. The fraction of sp³-hybridized carbons (Fsp3) is 0.500. The minimum absolute atomic E-state index is 0.830. The van der Waals surface area contributed by atoms with Crippen LogP contribution in [0.3, 0.4) is 0 Å². The van der Waals surface area contributed by atoms with E-state index in [1.54, 1.807) is 0 Å². The first-order valence-electron chi connectivity index (χ1n) is 4.20. The molecule has 58 valence electrons. The number of hydrogen-bond donors (Lipinski definition) is 0. The van der Waals surface area contributed by atoms with E-state index in [0.717, 1.165) is 17.5 Å². The lowest BCUT2D eigenvalue weighted by atomic mass is 10.1. The molecule has 1 heterocycles. The Hall–Kier alpha value is -0.850. The summed E-state index contributed by atoms with van der Waals surface area (Å²) in [4.78, 5) is 4.18. The third kappa shape index (κ3) is 1.28. The highest BCUT2D eigenvalue weighted by Crippen LogP contribution is 2.46. The maximum absolute atomic E-state index is 4.18. The van der Waals surface area contributed by atoms with Gasteiger partial charge < -0.3 is 0 Å². The van der Waals surface area contributed by atoms with Crippen LogP contribution in [-0.4, -0.2) is 4.98 Å². The fourth-order valence-electron chi connectivity index (χ4n) is 1.58. The summed E-state index contributed by atoms with van der Waals surface area (Å²) < 4.78 is 0. The molecule has 1 nitrogen and oxygen atoms in total. The van der Waals surface area contributed by atoms with Crippen LogP contribution < -0.4 is 0 Å². The monoisotopic (exact) mass is 147 g/mol. The van der Waals surface area contributed by atoms with E-state index in [9.17, 15) is 0 Å². The van der Waals surface area contributed by atoms with Crippen LogP contribution in [0.5, 0.6) is 0 Å².